The van der Waals surface area contributed by atoms with Crippen LogP contribution in [0.1, 0.15) is 84.0 Å². The molecule has 0 rings (SSSR count). The van der Waals surface area contributed by atoms with Crippen LogP contribution in [0.4, 0.5) is 0 Å². The van der Waals surface area contributed by atoms with Crippen molar-refractivity contribution < 1.29 is 28.5 Å². The molecule has 21 heavy (non-hydrogen) atoms. The van der Waals surface area contributed by atoms with Gasteiger partial charge in [-0.3, -0.25) is 0 Å². The molecule has 0 N–H and O–H groups in total. The van der Waals surface area contributed by atoms with Crippen molar-refractivity contribution in [3.63, 3.8) is 0 Å². The van der Waals surface area contributed by atoms with Gasteiger partial charge in [0.15, 0.2) is 0 Å². The van der Waals surface area contributed by atoms with Crippen molar-refractivity contribution in [2.24, 2.45) is 0 Å². The smallest absolute Gasteiger partial charge is 0.0790 e. The lowest BCUT2D eigenvalue weighted by molar-refractivity contribution is -0.890. The molecule has 0 fully saturated rings. The molecule has 3 heteroatoms. The van der Waals surface area contributed by atoms with E-state index in [9.17, 15) is 0 Å². The molecule has 0 aromatic rings. The minimum atomic E-state index is 0. The fourth-order valence-corrected chi connectivity index (χ4v) is 3.05. The number of hydrogen-bond acceptors (Lipinski definition) is 0. The highest BCUT2D eigenvalue weighted by molar-refractivity contribution is 9.09. The van der Waals surface area contributed by atoms with E-state index in [0.717, 1.165) is 5.33 Å². The minimum absolute atomic E-state index is 0. The van der Waals surface area contributed by atoms with Crippen LogP contribution in [-0.4, -0.2) is 37.0 Å². The Hall–Kier alpha value is 1.17. The van der Waals surface area contributed by atoms with Gasteiger partial charge in [-0.15, -0.1) is 0 Å². The summed E-state index contributed by atoms with van der Waals surface area (Å²) in [5.74, 6) is 0. The lowest BCUT2D eigenvalue weighted by Gasteiger charge is -2.29. The third-order valence-corrected chi connectivity index (χ3v) is 4.82. The minimum Gasteiger partial charge on any atom is -1.00 e. The van der Waals surface area contributed by atoms with E-state index in [4.69, 9.17) is 0 Å². The van der Waals surface area contributed by atoms with Gasteiger partial charge in [-0.2, -0.15) is 0 Å². The van der Waals surface area contributed by atoms with Crippen molar-refractivity contribution in [3.8, 4) is 0 Å². The molecular weight excluding hydrogens is 437 g/mol. The van der Waals surface area contributed by atoms with E-state index in [-0.39, 0.29) is 24.0 Å². The van der Waals surface area contributed by atoms with E-state index in [2.05, 4.69) is 36.9 Å². The van der Waals surface area contributed by atoms with Crippen LogP contribution in [0.15, 0.2) is 0 Å². The molecule has 0 aromatic carbocycles. The van der Waals surface area contributed by atoms with Crippen LogP contribution in [0.3, 0.4) is 0 Å². The third kappa shape index (κ3) is 19.1. The van der Waals surface area contributed by atoms with Crippen molar-refractivity contribution >= 4 is 15.9 Å². The van der Waals surface area contributed by atoms with E-state index in [1.807, 2.05) is 0 Å². The van der Waals surface area contributed by atoms with Crippen molar-refractivity contribution in [2.45, 2.75) is 84.0 Å². The first-order chi connectivity index (χ1) is 9.62. The van der Waals surface area contributed by atoms with E-state index < -0.39 is 0 Å². The molecule has 0 unspecified atom stereocenters. The number of hydrogen-bond donors (Lipinski definition) is 0. The first-order valence-corrected chi connectivity index (χ1v) is 10.1. The van der Waals surface area contributed by atoms with Gasteiger partial charge in [-0.05, 0) is 12.8 Å². The fourth-order valence-electron chi connectivity index (χ4n) is 2.80. The van der Waals surface area contributed by atoms with Crippen LogP contribution in [0, 0.1) is 0 Å². The third-order valence-electron chi connectivity index (χ3n) is 4.26. The van der Waals surface area contributed by atoms with Gasteiger partial charge in [0.25, 0.3) is 0 Å². The monoisotopic (exact) mass is 475 g/mol. The molecule has 1 nitrogen and oxygen atoms in total. The molecule has 0 heterocycles. The van der Waals surface area contributed by atoms with Gasteiger partial charge in [0.1, 0.15) is 0 Å². The highest BCUT2D eigenvalue weighted by Gasteiger charge is 2.12. The number of quaternary nitrogens is 1. The predicted octanol–water partition coefficient (Wildman–Crippen LogP) is 3.16. The number of rotatable bonds is 15. The molecule has 0 amide bonds. The summed E-state index contributed by atoms with van der Waals surface area (Å²) >= 11 is 3.53. The van der Waals surface area contributed by atoms with Crippen LogP contribution in [0.25, 0.3) is 0 Å². The standard InChI is InChI=1S/C18H39BrN.HI/c1-4-5-6-7-8-9-10-11-12-13-14-17-20(2,3)18-15-16-19;/h4-18H2,1-3H3;1H/q+1;/p-1. The molecule has 0 aliphatic heterocycles. The lowest BCUT2D eigenvalue weighted by atomic mass is 10.1. The van der Waals surface area contributed by atoms with E-state index in [0.29, 0.717) is 0 Å². The normalized spacial score (nSPS) is 11.4. The molecule has 0 saturated carbocycles. The molecule has 0 bridgehead atoms. The molecule has 0 aliphatic rings. The van der Waals surface area contributed by atoms with Gasteiger partial charge < -0.3 is 28.5 Å². The summed E-state index contributed by atoms with van der Waals surface area (Å²) in [6, 6.07) is 0. The second-order valence-electron chi connectivity index (χ2n) is 6.96. The second-order valence-corrected chi connectivity index (χ2v) is 7.75. The van der Waals surface area contributed by atoms with Gasteiger partial charge in [0, 0.05) is 11.8 Å². The Balaban J connectivity index is 0. The summed E-state index contributed by atoms with van der Waals surface area (Å²) in [4.78, 5) is 0. The Morgan fingerprint density at radius 2 is 1.00 bits per heavy atom. The number of alkyl halides is 1. The molecule has 0 aliphatic carbocycles. The summed E-state index contributed by atoms with van der Waals surface area (Å²) in [5, 5.41) is 1.15. The zero-order chi connectivity index (χ0) is 15.1. The van der Waals surface area contributed by atoms with Crippen molar-refractivity contribution in [1.82, 2.24) is 0 Å². The molecular formula is C18H39BrIN. The highest BCUT2D eigenvalue weighted by Crippen LogP contribution is 2.12. The molecule has 0 spiro atoms. The van der Waals surface area contributed by atoms with Crippen LogP contribution in [-0.2, 0) is 0 Å². The number of nitrogens with zero attached hydrogens (tertiary/aromatic N) is 1. The molecule has 0 saturated heterocycles. The maximum Gasteiger partial charge on any atom is 0.0790 e. The van der Waals surface area contributed by atoms with Gasteiger partial charge in [0.05, 0.1) is 27.2 Å². The molecule has 0 atom stereocenters. The fraction of sp³-hybridized carbons (Fsp3) is 1.00. The highest BCUT2D eigenvalue weighted by atomic mass is 127. The summed E-state index contributed by atoms with van der Waals surface area (Å²) in [6.07, 6.45) is 17.2. The van der Waals surface area contributed by atoms with Crippen LogP contribution < -0.4 is 24.0 Å². The van der Waals surface area contributed by atoms with Gasteiger partial charge in [0.2, 0.25) is 0 Å². The summed E-state index contributed by atoms with van der Waals surface area (Å²) < 4.78 is 1.20. The van der Waals surface area contributed by atoms with Crippen LogP contribution >= 0.6 is 15.9 Å². The van der Waals surface area contributed by atoms with Crippen LogP contribution in [0.5, 0.6) is 0 Å². The first kappa shape index (κ1) is 24.4. The Morgan fingerprint density at radius 3 is 1.43 bits per heavy atom. The predicted molar refractivity (Wildman–Crippen MR) is 96.7 cm³/mol. The van der Waals surface area contributed by atoms with Gasteiger partial charge in [-0.1, -0.05) is 80.6 Å². The Bertz CT molecular complexity index is 198. The zero-order valence-corrected chi connectivity index (χ0v) is 18.6. The molecule has 0 radical (unpaired) electrons. The van der Waals surface area contributed by atoms with E-state index in [1.54, 1.807) is 0 Å². The van der Waals surface area contributed by atoms with Crippen molar-refractivity contribution in [2.75, 3.05) is 32.5 Å². The maximum absolute atomic E-state index is 3.53. The van der Waals surface area contributed by atoms with E-state index in [1.165, 1.54) is 94.6 Å². The zero-order valence-electron chi connectivity index (χ0n) is 14.8. The topological polar surface area (TPSA) is 0 Å². The number of unbranched alkanes of at least 4 members (excludes halogenated alkanes) is 10. The maximum atomic E-state index is 3.53. The summed E-state index contributed by atoms with van der Waals surface area (Å²) in [6.45, 7) is 4.95. The average molecular weight is 476 g/mol. The van der Waals surface area contributed by atoms with E-state index >= 15 is 0 Å². The summed E-state index contributed by atoms with van der Waals surface area (Å²) in [7, 11) is 4.75. The molecule has 0 aromatic heterocycles. The Labute approximate surface area is 160 Å². The van der Waals surface area contributed by atoms with Crippen molar-refractivity contribution in [1.29, 1.82) is 0 Å². The SMILES string of the molecule is CCCCCCCCCCCCC[N+](C)(C)CCCBr.[I-]. The quantitative estimate of drug-likeness (QED) is 0.148. The van der Waals surface area contributed by atoms with Gasteiger partial charge >= 0.3 is 0 Å². The van der Waals surface area contributed by atoms with Crippen molar-refractivity contribution in [3.05, 3.63) is 0 Å². The van der Waals surface area contributed by atoms with Gasteiger partial charge in [-0.25, -0.2) is 0 Å². The average Bonchev–Trinajstić information content (AvgIpc) is 2.42. The Morgan fingerprint density at radius 1 is 0.619 bits per heavy atom. The number of halogens is 2. The first-order valence-electron chi connectivity index (χ1n) is 9.00. The molecule has 130 valence electrons. The van der Waals surface area contributed by atoms with Crippen LogP contribution in [0.2, 0.25) is 0 Å². The summed E-state index contributed by atoms with van der Waals surface area (Å²) in [5.41, 5.74) is 0. The largest absolute Gasteiger partial charge is 1.00 e. The second kappa shape index (κ2) is 17.5. The lowest BCUT2D eigenvalue weighted by Crippen LogP contribution is -3.00. The Kier molecular flexibility index (Phi) is 20.4.